The third-order valence-electron chi connectivity index (χ3n) is 5.91. The first kappa shape index (κ1) is 18.8. The van der Waals surface area contributed by atoms with Crippen LogP contribution in [-0.4, -0.2) is 48.1 Å². The van der Waals surface area contributed by atoms with Gasteiger partial charge < -0.3 is 10.1 Å². The Kier molecular flexibility index (Phi) is 5.26. The molecule has 7 heteroatoms. The molecule has 3 fully saturated rings. The Labute approximate surface area is 162 Å². The molecule has 1 N–H and O–H groups in total. The highest BCUT2D eigenvalue weighted by atomic mass is 19.1. The zero-order chi connectivity index (χ0) is 19.7. The molecule has 3 aliphatic heterocycles. The Morgan fingerprint density at radius 1 is 1.29 bits per heavy atom. The summed E-state index contributed by atoms with van der Waals surface area (Å²) in [5.74, 6) is -2.20. The maximum absolute atomic E-state index is 14.3. The van der Waals surface area contributed by atoms with Crippen molar-refractivity contribution in [3.63, 3.8) is 0 Å². The maximum atomic E-state index is 14.3. The van der Waals surface area contributed by atoms with Gasteiger partial charge in [0.15, 0.2) is 0 Å². The fraction of sp³-hybridized carbons (Fsp3) is 0.429. The van der Waals surface area contributed by atoms with Gasteiger partial charge in [0, 0.05) is 36.6 Å². The largest absolute Gasteiger partial charge is 0.497 e. The van der Waals surface area contributed by atoms with Crippen LogP contribution in [0.3, 0.4) is 0 Å². The van der Waals surface area contributed by atoms with Crippen LogP contribution in [-0.2, 0) is 6.42 Å². The van der Waals surface area contributed by atoms with Gasteiger partial charge in [0.2, 0.25) is 0 Å². The van der Waals surface area contributed by atoms with Gasteiger partial charge in [0.25, 0.3) is 5.91 Å². The van der Waals surface area contributed by atoms with Crippen molar-refractivity contribution in [1.82, 2.24) is 15.2 Å². The van der Waals surface area contributed by atoms with E-state index in [-0.39, 0.29) is 17.8 Å². The van der Waals surface area contributed by atoms with Gasteiger partial charge in [0.05, 0.1) is 7.11 Å². The predicted octanol–water partition coefficient (Wildman–Crippen LogP) is 2.80. The number of carbonyl (C=O) groups excluding carboxylic acids is 1. The summed E-state index contributed by atoms with van der Waals surface area (Å²) < 4.78 is 33.5. The van der Waals surface area contributed by atoms with E-state index < -0.39 is 23.1 Å². The number of aromatic nitrogens is 1. The van der Waals surface area contributed by atoms with Gasteiger partial charge in [-0.15, -0.1) is 0 Å². The molecule has 0 unspecified atom stereocenters. The second kappa shape index (κ2) is 7.83. The van der Waals surface area contributed by atoms with Crippen molar-refractivity contribution in [1.29, 1.82) is 0 Å². The first-order chi connectivity index (χ1) is 13.6. The molecular weight excluding hydrogens is 364 g/mol. The Bertz CT molecular complexity index is 831. The van der Waals surface area contributed by atoms with Crippen LogP contribution >= 0.6 is 0 Å². The Morgan fingerprint density at radius 3 is 2.61 bits per heavy atom. The van der Waals surface area contributed by atoms with Crippen molar-refractivity contribution in [3.05, 3.63) is 59.4 Å². The van der Waals surface area contributed by atoms with E-state index in [1.807, 2.05) is 18.3 Å². The minimum Gasteiger partial charge on any atom is -0.497 e. The first-order valence-corrected chi connectivity index (χ1v) is 9.53. The fourth-order valence-corrected chi connectivity index (χ4v) is 4.49. The van der Waals surface area contributed by atoms with Crippen molar-refractivity contribution in [2.24, 2.45) is 5.92 Å². The van der Waals surface area contributed by atoms with Gasteiger partial charge >= 0.3 is 0 Å². The van der Waals surface area contributed by atoms with Crippen LogP contribution in [0.15, 0.2) is 36.7 Å². The van der Waals surface area contributed by atoms with Crippen LogP contribution in [0.25, 0.3) is 0 Å². The molecule has 2 aromatic rings. The smallest absolute Gasteiger partial charge is 0.257 e. The summed E-state index contributed by atoms with van der Waals surface area (Å²) in [5.41, 5.74) is 0.526. The van der Waals surface area contributed by atoms with E-state index in [0.717, 1.165) is 50.0 Å². The number of ether oxygens (including phenoxy) is 1. The highest BCUT2D eigenvalue weighted by Crippen LogP contribution is 2.34. The Balaban J connectivity index is 1.57. The number of hydrogen-bond acceptors (Lipinski definition) is 4. The molecule has 1 aromatic heterocycles. The molecule has 5 rings (SSSR count). The molecule has 148 valence electrons. The normalized spacial score (nSPS) is 26.1. The molecule has 3 aliphatic rings. The van der Waals surface area contributed by atoms with Crippen LogP contribution in [0, 0.1) is 17.6 Å². The number of hydrogen-bond donors (Lipinski definition) is 1. The van der Waals surface area contributed by atoms with E-state index in [1.165, 1.54) is 7.11 Å². The summed E-state index contributed by atoms with van der Waals surface area (Å²) in [4.78, 5) is 19.3. The molecule has 0 spiro atoms. The van der Waals surface area contributed by atoms with Crippen LogP contribution in [0.1, 0.15) is 28.8 Å². The number of benzene rings is 1. The summed E-state index contributed by atoms with van der Waals surface area (Å²) in [6.07, 6.45) is 6.24. The molecule has 2 atom stereocenters. The third-order valence-corrected chi connectivity index (χ3v) is 5.91. The van der Waals surface area contributed by atoms with Crippen molar-refractivity contribution in [2.45, 2.75) is 31.3 Å². The van der Waals surface area contributed by atoms with E-state index in [1.54, 1.807) is 6.20 Å². The van der Waals surface area contributed by atoms with Gasteiger partial charge in [-0.25, -0.2) is 8.78 Å². The molecule has 0 aliphatic carbocycles. The van der Waals surface area contributed by atoms with Gasteiger partial charge in [-0.2, -0.15) is 0 Å². The second-order valence-corrected chi connectivity index (χ2v) is 7.47. The van der Waals surface area contributed by atoms with Crippen molar-refractivity contribution >= 4 is 5.91 Å². The molecule has 3 saturated heterocycles. The molecule has 0 radical (unpaired) electrons. The van der Waals surface area contributed by atoms with Crippen molar-refractivity contribution in [3.8, 4) is 5.75 Å². The molecule has 4 heterocycles. The maximum Gasteiger partial charge on any atom is 0.257 e. The lowest BCUT2D eigenvalue weighted by molar-refractivity contribution is 0.0134. The van der Waals surface area contributed by atoms with E-state index in [2.05, 4.69) is 15.2 Å². The molecule has 0 saturated carbocycles. The number of pyridine rings is 1. The predicted molar refractivity (Wildman–Crippen MR) is 100 cm³/mol. The summed E-state index contributed by atoms with van der Waals surface area (Å²) in [5, 5.41) is 2.93. The molecular formula is C21H23F2N3O2. The summed E-state index contributed by atoms with van der Waals surface area (Å²) in [6, 6.07) is 5.89. The Morgan fingerprint density at radius 2 is 2.00 bits per heavy atom. The number of piperidine rings is 3. The highest BCUT2D eigenvalue weighted by molar-refractivity contribution is 5.95. The number of amides is 1. The lowest BCUT2D eigenvalue weighted by atomic mass is 9.76. The number of carbonyl (C=O) groups is 1. The van der Waals surface area contributed by atoms with Gasteiger partial charge in [0.1, 0.15) is 22.9 Å². The van der Waals surface area contributed by atoms with Gasteiger partial charge in [-0.3, -0.25) is 14.7 Å². The minimum absolute atomic E-state index is 0.0452. The third kappa shape index (κ3) is 3.58. The first-order valence-electron chi connectivity index (χ1n) is 9.53. The molecule has 5 nitrogen and oxygen atoms in total. The zero-order valence-electron chi connectivity index (χ0n) is 15.7. The number of methoxy groups -OCH3 is 1. The second-order valence-electron chi connectivity index (χ2n) is 7.47. The number of rotatable bonds is 5. The summed E-state index contributed by atoms with van der Waals surface area (Å²) in [6.45, 7) is 1.96. The average molecular weight is 387 g/mol. The molecule has 1 amide bonds. The van der Waals surface area contributed by atoms with E-state index in [0.29, 0.717) is 5.92 Å². The Hall–Kier alpha value is -2.54. The lowest BCUT2D eigenvalue weighted by Crippen LogP contribution is -2.64. The van der Waals surface area contributed by atoms with Crippen LogP contribution < -0.4 is 10.1 Å². The number of nitrogens with one attached hydrogen (secondary N) is 1. The van der Waals surface area contributed by atoms with E-state index in [4.69, 9.17) is 4.74 Å². The zero-order valence-corrected chi connectivity index (χ0v) is 15.7. The van der Waals surface area contributed by atoms with Crippen LogP contribution in [0.5, 0.6) is 5.75 Å². The molecule has 28 heavy (non-hydrogen) atoms. The molecule has 1 aromatic carbocycles. The van der Waals surface area contributed by atoms with Gasteiger partial charge in [-0.1, -0.05) is 6.07 Å². The number of nitrogens with zero attached hydrogens (tertiary/aromatic N) is 2. The average Bonchev–Trinajstić information content (AvgIpc) is 2.70. The van der Waals surface area contributed by atoms with Crippen LogP contribution in [0.2, 0.25) is 0 Å². The topological polar surface area (TPSA) is 54.5 Å². The lowest BCUT2D eigenvalue weighted by Gasteiger charge is -2.51. The fourth-order valence-electron chi connectivity index (χ4n) is 4.49. The molecule has 2 bridgehead atoms. The van der Waals surface area contributed by atoms with Crippen molar-refractivity contribution < 1.29 is 18.3 Å². The van der Waals surface area contributed by atoms with E-state index in [9.17, 15) is 13.6 Å². The monoisotopic (exact) mass is 387 g/mol. The van der Waals surface area contributed by atoms with E-state index >= 15 is 0 Å². The quantitative estimate of drug-likeness (QED) is 0.857. The van der Waals surface area contributed by atoms with Crippen molar-refractivity contribution in [2.75, 3.05) is 20.2 Å². The summed E-state index contributed by atoms with van der Waals surface area (Å²) in [7, 11) is 1.32. The SMILES string of the molecule is COc1cc(F)c(C(=O)N[C@@H]2C3CCN(CC3)[C@H]2Cc2cccnc2)c(F)c1. The standard InChI is InChI=1S/C21H23F2N3O2/c1-28-15-10-16(22)19(17(23)11-15)21(27)25-20-14-4-7-26(8-5-14)18(20)9-13-3-2-6-24-12-13/h2-3,6,10-12,14,18,20H,4-5,7-9H2,1H3,(H,25,27)/t18-,20+/m0/s1. The van der Waals surface area contributed by atoms with Crippen LogP contribution in [0.4, 0.5) is 8.78 Å². The highest BCUT2D eigenvalue weighted by Gasteiger charge is 2.43. The number of fused-ring (bicyclic) bond motifs is 3. The number of halogens is 2. The van der Waals surface area contributed by atoms with Gasteiger partial charge in [-0.05, 0) is 49.9 Å². The summed E-state index contributed by atoms with van der Waals surface area (Å²) >= 11 is 0. The minimum atomic E-state index is -0.917.